The molecule has 0 atom stereocenters. The molecule has 0 aromatic heterocycles. The van der Waals surface area contributed by atoms with Crippen LogP contribution in [0.1, 0.15) is 16.7 Å². The Bertz CT molecular complexity index is 568. The Hall–Kier alpha value is -2.04. The minimum atomic E-state index is -4.34. The molecule has 0 saturated heterocycles. The minimum absolute atomic E-state index is 0.264. The standard InChI is InChI=1S/C15H13F4N/c1-10-3-2-4-13(16)14(10)20-9-11-5-7-12(8-6-11)15(17,18)19/h2-8,20H,9H2,1H3. The fourth-order valence-corrected chi connectivity index (χ4v) is 1.86. The van der Waals surface area contributed by atoms with E-state index in [1.165, 1.54) is 18.2 Å². The van der Waals surface area contributed by atoms with E-state index >= 15 is 0 Å². The quantitative estimate of drug-likeness (QED) is 0.800. The molecule has 0 bridgehead atoms. The maximum Gasteiger partial charge on any atom is 0.416 e. The summed E-state index contributed by atoms with van der Waals surface area (Å²) in [4.78, 5) is 0. The molecule has 0 aliphatic heterocycles. The van der Waals surface area contributed by atoms with Gasteiger partial charge in [0.25, 0.3) is 0 Å². The number of hydrogen-bond acceptors (Lipinski definition) is 1. The fraction of sp³-hybridized carbons (Fsp3) is 0.200. The lowest BCUT2D eigenvalue weighted by atomic mass is 10.1. The number of hydrogen-bond donors (Lipinski definition) is 1. The lowest BCUT2D eigenvalue weighted by molar-refractivity contribution is -0.137. The van der Waals surface area contributed by atoms with Gasteiger partial charge in [-0.1, -0.05) is 24.3 Å². The van der Waals surface area contributed by atoms with E-state index in [9.17, 15) is 17.6 Å². The monoisotopic (exact) mass is 283 g/mol. The summed E-state index contributed by atoms with van der Waals surface area (Å²) in [6.07, 6.45) is -4.34. The Morgan fingerprint density at radius 1 is 1.00 bits per heavy atom. The van der Waals surface area contributed by atoms with Crippen LogP contribution in [0, 0.1) is 12.7 Å². The van der Waals surface area contributed by atoms with Crippen molar-refractivity contribution < 1.29 is 17.6 Å². The number of aryl methyl sites for hydroxylation is 1. The van der Waals surface area contributed by atoms with E-state index in [0.29, 0.717) is 11.3 Å². The second kappa shape index (κ2) is 5.53. The molecule has 1 N–H and O–H groups in total. The van der Waals surface area contributed by atoms with Crippen molar-refractivity contribution in [1.82, 2.24) is 0 Å². The van der Waals surface area contributed by atoms with Crippen molar-refractivity contribution in [2.24, 2.45) is 0 Å². The summed E-state index contributed by atoms with van der Waals surface area (Å²) < 4.78 is 50.8. The van der Waals surface area contributed by atoms with Gasteiger partial charge in [-0.25, -0.2) is 4.39 Å². The Morgan fingerprint density at radius 3 is 2.20 bits per heavy atom. The molecule has 0 unspecified atom stereocenters. The molecule has 2 rings (SSSR count). The average molecular weight is 283 g/mol. The van der Waals surface area contributed by atoms with Crippen LogP contribution >= 0.6 is 0 Å². The Labute approximate surface area is 114 Å². The zero-order chi connectivity index (χ0) is 14.8. The molecule has 0 fully saturated rings. The molecule has 0 amide bonds. The fourth-order valence-electron chi connectivity index (χ4n) is 1.86. The van der Waals surface area contributed by atoms with E-state index in [1.807, 2.05) is 0 Å². The summed E-state index contributed by atoms with van der Waals surface area (Å²) in [5.74, 6) is -0.378. The normalized spacial score (nSPS) is 11.4. The van der Waals surface area contributed by atoms with Gasteiger partial charge in [-0.15, -0.1) is 0 Å². The summed E-state index contributed by atoms with van der Waals surface area (Å²) in [5.41, 5.74) is 1.08. The highest BCUT2D eigenvalue weighted by molar-refractivity contribution is 5.52. The number of alkyl halides is 3. The molecule has 106 valence electrons. The van der Waals surface area contributed by atoms with Gasteiger partial charge < -0.3 is 5.32 Å². The lowest BCUT2D eigenvalue weighted by Crippen LogP contribution is -2.06. The molecule has 0 aliphatic carbocycles. The number of nitrogens with one attached hydrogen (secondary N) is 1. The first-order valence-electron chi connectivity index (χ1n) is 6.03. The van der Waals surface area contributed by atoms with Crippen molar-refractivity contribution in [2.75, 3.05) is 5.32 Å². The second-order valence-corrected chi connectivity index (χ2v) is 4.48. The number of halogens is 4. The van der Waals surface area contributed by atoms with Gasteiger partial charge in [0.15, 0.2) is 0 Å². The van der Waals surface area contributed by atoms with Gasteiger partial charge in [0, 0.05) is 6.54 Å². The number of rotatable bonds is 3. The van der Waals surface area contributed by atoms with Crippen LogP contribution in [0.5, 0.6) is 0 Å². The topological polar surface area (TPSA) is 12.0 Å². The summed E-state index contributed by atoms with van der Waals surface area (Å²) in [6.45, 7) is 2.03. The smallest absolute Gasteiger partial charge is 0.378 e. The molecular formula is C15H13F4N. The molecule has 0 aliphatic rings. The lowest BCUT2D eigenvalue weighted by Gasteiger charge is -2.11. The van der Waals surface area contributed by atoms with Crippen LogP contribution < -0.4 is 5.32 Å². The minimum Gasteiger partial charge on any atom is -0.378 e. The molecule has 20 heavy (non-hydrogen) atoms. The molecule has 2 aromatic rings. The molecule has 5 heteroatoms. The van der Waals surface area contributed by atoms with Crippen LogP contribution in [0.3, 0.4) is 0 Å². The third-order valence-corrected chi connectivity index (χ3v) is 2.97. The van der Waals surface area contributed by atoms with Crippen LogP contribution in [0.25, 0.3) is 0 Å². The van der Waals surface area contributed by atoms with E-state index in [0.717, 1.165) is 17.7 Å². The van der Waals surface area contributed by atoms with Crippen molar-refractivity contribution in [3.05, 3.63) is 65.0 Å². The molecule has 2 aromatic carbocycles. The van der Waals surface area contributed by atoms with Gasteiger partial charge in [0.1, 0.15) is 5.82 Å². The van der Waals surface area contributed by atoms with Gasteiger partial charge in [0.05, 0.1) is 11.3 Å². The zero-order valence-electron chi connectivity index (χ0n) is 10.8. The summed E-state index contributed by atoms with van der Waals surface area (Å²) in [5, 5.41) is 2.90. The highest BCUT2D eigenvalue weighted by atomic mass is 19.4. The number of anilines is 1. The predicted octanol–water partition coefficient (Wildman–Crippen LogP) is 4.77. The highest BCUT2D eigenvalue weighted by Gasteiger charge is 2.29. The van der Waals surface area contributed by atoms with E-state index < -0.39 is 11.7 Å². The third-order valence-electron chi connectivity index (χ3n) is 2.97. The van der Waals surface area contributed by atoms with Crippen LogP contribution in [0.4, 0.5) is 23.2 Å². The van der Waals surface area contributed by atoms with E-state index in [1.54, 1.807) is 19.1 Å². The van der Waals surface area contributed by atoms with Gasteiger partial charge in [-0.05, 0) is 36.2 Å². The Morgan fingerprint density at radius 2 is 1.65 bits per heavy atom. The third kappa shape index (κ3) is 3.29. The van der Waals surface area contributed by atoms with Crippen LogP contribution in [0.15, 0.2) is 42.5 Å². The van der Waals surface area contributed by atoms with Gasteiger partial charge >= 0.3 is 6.18 Å². The molecule has 0 heterocycles. The highest BCUT2D eigenvalue weighted by Crippen LogP contribution is 2.29. The summed E-state index contributed by atoms with van der Waals surface area (Å²) in [6, 6.07) is 9.50. The van der Waals surface area contributed by atoms with Crippen LogP contribution in [0.2, 0.25) is 0 Å². The van der Waals surface area contributed by atoms with E-state index in [-0.39, 0.29) is 12.4 Å². The zero-order valence-corrected chi connectivity index (χ0v) is 10.8. The largest absolute Gasteiger partial charge is 0.416 e. The Balaban J connectivity index is 2.08. The van der Waals surface area contributed by atoms with Crippen LogP contribution in [-0.4, -0.2) is 0 Å². The Kier molecular flexibility index (Phi) is 3.97. The maximum absolute atomic E-state index is 13.6. The number of para-hydroxylation sites is 1. The summed E-state index contributed by atoms with van der Waals surface area (Å²) in [7, 11) is 0. The van der Waals surface area contributed by atoms with Crippen molar-refractivity contribution >= 4 is 5.69 Å². The van der Waals surface area contributed by atoms with E-state index in [2.05, 4.69) is 5.32 Å². The van der Waals surface area contributed by atoms with Crippen molar-refractivity contribution in [3.8, 4) is 0 Å². The van der Waals surface area contributed by atoms with E-state index in [4.69, 9.17) is 0 Å². The molecule has 0 radical (unpaired) electrons. The summed E-state index contributed by atoms with van der Waals surface area (Å²) >= 11 is 0. The van der Waals surface area contributed by atoms with Crippen LogP contribution in [-0.2, 0) is 12.7 Å². The first-order valence-corrected chi connectivity index (χ1v) is 6.03. The van der Waals surface area contributed by atoms with Crippen molar-refractivity contribution in [1.29, 1.82) is 0 Å². The molecule has 0 spiro atoms. The molecule has 1 nitrogen and oxygen atoms in total. The van der Waals surface area contributed by atoms with Gasteiger partial charge in [0.2, 0.25) is 0 Å². The maximum atomic E-state index is 13.6. The average Bonchev–Trinajstić information content (AvgIpc) is 2.37. The van der Waals surface area contributed by atoms with Gasteiger partial charge in [-0.3, -0.25) is 0 Å². The number of benzene rings is 2. The second-order valence-electron chi connectivity index (χ2n) is 4.48. The SMILES string of the molecule is Cc1cccc(F)c1NCc1ccc(C(F)(F)F)cc1. The van der Waals surface area contributed by atoms with Crippen molar-refractivity contribution in [3.63, 3.8) is 0 Å². The first-order chi connectivity index (χ1) is 9.38. The predicted molar refractivity (Wildman–Crippen MR) is 69.9 cm³/mol. The molecular weight excluding hydrogens is 270 g/mol. The van der Waals surface area contributed by atoms with Gasteiger partial charge in [-0.2, -0.15) is 13.2 Å². The molecule has 0 saturated carbocycles. The van der Waals surface area contributed by atoms with Crippen molar-refractivity contribution in [2.45, 2.75) is 19.6 Å². The first kappa shape index (κ1) is 14.4.